The fourth-order valence-corrected chi connectivity index (χ4v) is 8.26. The van der Waals surface area contributed by atoms with Gasteiger partial charge in [0.2, 0.25) is 5.91 Å². The molecule has 0 spiro atoms. The van der Waals surface area contributed by atoms with Gasteiger partial charge < -0.3 is 21.1 Å². The molecule has 0 aromatic rings. The number of rotatable bonds is 47. The highest BCUT2D eigenvalue weighted by atomic mass is 31.2. The van der Waals surface area contributed by atoms with Gasteiger partial charge in [-0.1, -0.05) is 237 Å². The number of aliphatic hydroxyl groups is 1. The third-order valence-electron chi connectivity index (χ3n) is 11.3. The molecular weight excluding hydrogens is 744 g/mol. The number of phosphoric ester groups is 1. The smallest absolute Gasteiger partial charge is 0.387 e. The quantitative estimate of drug-likeness (QED) is 0.0273. The first-order valence-corrected chi connectivity index (χ1v) is 26.5. The Labute approximate surface area is 359 Å². The summed E-state index contributed by atoms with van der Waals surface area (Å²) >= 11 is 0. The normalized spacial score (nSPS) is 14.1. The molecule has 8 nitrogen and oxygen atoms in total. The Morgan fingerprint density at radius 2 is 0.914 bits per heavy atom. The van der Waals surface area contributed by atoms with Crippen molar-refractivity contribution in [3.63, 3.8) is 0 Å². The maximum atomic E-state index is 12.8. The predicted molar refractivity (Wildman–Crippen MR) is 249 cm³/mol. The van der Waals surface area contributed by atoms with Gasteiger partial charge in [0.25, 0.3) is 0 Å². The van der Waals surface area contributed by atoms with Crippen molar-refractivity contribution in [1.29, 1.82) is 0 Å². The molecule has 0 radical (unpaired) electrons. The minimum Gasteiger partial charge on any atom is -0.387 e. The molecule has 0 aromatic heterocycles. The topological polar surface area (TPSA) is 131 Å². The van der Waals surface area contributed by atoms with Crippen LogP contribution in [0.2, 0.25) is 0 Å². The van der Waals surface area contributed by atoms with Gasteiger partial charge in [0, 0.05) is 13.0 Å². The molecule has 0 saturated heterocycles. The monoisotopic (exact) mass is 841 g/mol. The standard InChI is InChI=1S/C49H97N2O6P/c1-3-5-7-9-11-13-15-17-19-21-23-25-26-28-30-32-34-36-38-40-42-48(52)47(46-57-58(54,55)56-45-44-50)51-49(53)43-41-39-37-35-33-31-29-27-24-22-20-18-16-14-12-10-8-6-4-2/h32,34,40,42,47-48,52H,3-31,33,35-39,41,43-46,50H2,1-2H3,(H,51,53)(H,54,55)/b34-32+,42-40+. The van der Waals surface area contributed by atoms with Crippen LogP contribution < -0.4 is 11.1 Å². The van der Waals surface area contributed by atoms with E-state index in [0.717, 1.165) is 38.5 Å². The van der Waals surface area contributed by atoms with Crippen molar-refractivity contribution in [2.45, 2.75) is 264 Å². The van der Waals surface area contributed by atoms with Crippen LogP contribution in [0.5, 0.6) is 0 Å². The summed E-state index contributed by atoms with van der Waals surface area (Å²) in [7, 11) is -4.35. The second-order valence-electron chi connectivity index (χ2n) is 17.0. The van der Waals surface area contributed by atoms with Crippen LogP contribution in [-0.2, 0) is 18.4 Å². The van der Waals surface area contributed by atoms with E-state index in [9.17, 15) is 19.4 Å². The number of unbranched alkanes of at least 4 members (excludes halogenated alkanes) is 33. The first-order valence-electron chi connectivity index (χ1n) is 25.0. The van der Waals surface area contributed by atoms with Crippen LogP contribution >= 0.6 is 7.82 Å². The number of allylic oxidation sites excluding steroid dienone is 3. The zero-order valence-corrected chi connectivity index (χ0v) is 39.2. The summed E-state index contributed by atoms with van der Waals surface area (Å²) in [6.07, 6.45) is 53.8. The summed E-state index contributed by atoms with van der Waals surface area (Å²) in [6, 6.07) is -0.873. The van der Waals surface area contributed by atoms with Gasteiger partial charge in [0.05, 0.1) is 25.4 Å². The van der Waals surface area contributed by atoms with E-state index in [1.165, 1.54) is 193 Å². The Kier molecular flexibility index (Phi) is 44.7. The van der Waals surface area contributed by atoms with Crippen LogP contribution in [0.25, 0.3) is 0 Å². The number of carbonyl (C=O) groups is 1. The van der Waals surface area contributed by atoms with Crippen molar-refractivity contribution in [2.75, 3.05) is 19.8 Å². The van der Waals surface area contributed by atoms with Crippen LogP contribution in [0, 0.1) is 0 Å². The van der Waals surface area contributed by atoms with Gasteiger partial charge in [-0.3, -0.25) is 13.8 Å². The Morgan fingerprint density at radius 3 is 1.33 bits per heavy atom. The van der Waals surface area contributed by atoms with Crippen molar-refractivity contribution in [2.24, 2.45) is 5.73 Å². The molecule has 0 aliphatic carbocycles. The number of phosphoric acid groups is 1. The Balaban J connectivity index is 4.14. The van der Waals surface area contributed by atoms with E-state index in [0.29, 0.717) is 6.42 Å². The molecule has 0 fully saturated rings. The van der Waals surface area contributed by atoms with Crippen LogP contribution in [0.1, 0.15) is 251 Å². The molecule has 3 unspecified atom stereocenters. The summed E-state index contributed by atoms with van der Waals surface area (Å²) in [5, 5.41) is 13.7. The number of hydrogen-bond donors (Lipinski definition) is 4. The van der Waals surface area contributed by atoms with Crippen LogP contribution in [-0.4, -0.2) is 47.8 Å². The average Bonchev–Trinajstić information content (AvgIpc) is 3.21. The lowest BCUT2D eigenvalue weighted by atomic mass is 10.0. The molecule has 0 aromatic carbocycles. The van der Waals surface area contributed by atoms with Gasteiger partial charge in [0.15, 0.2) is 0 Å². The molecular formula is C49H97N2O6P. The number of carbonyl (C=O) groups excluding carboxylic acids is 1. The van der Waals surface area contributed by atoms with Crippen molar-refractivity contribution in [3.8, 4) is 0 Å². The number of hydrogen-bond acceptors (Lipinski definition) is 6. The zero-order valence-electron chi connectivity index (χ0n) is 38.3. The van der Waals surface area contributed by atoms with Crippen LogP contribution in [0.4, 0.5) is 0 Å². The van der Waals surface area contributed by atoms with Gasteiger partial charge in [-0.15, -0.1) is 0 Å². The van der Waals surface area contributed by atoms with Crippen molar-refractivity contribution in [3.05, 3.63) is 24.3 Å². The maximum absolute atomic E-state index is 12.8. The summed E-state index contributed by atoms with van der Waals surface area (Å²) in [4.78, 5) is 22.8. The second kappa shape index (κ2) is 45.5. The summed E-state index contributed by atoms with van der Waals surface area (Å²) in [6.45, 7) is 4.15. The molecule has 58 heavy (non-hydrogen) atoms. The molecule has 0 heterocycles. The first kappa shape index (κ1) is 57.0. The lowest BCUT2D eigenvalue weighted by Gasteiger charge is -2.23. The molecule has 1 amide bonds. The van der Waals surface area contributed by atoms with Crippen molar-refractivity contribution in [1.82, 2.24) is 5.32 Å². The van der Waals surface area contributed by atoms with E-state index in [1.807, 2.05) is 6.08 Å². The largest absolute Gasteiger partial charge is 0.472 e. The van der Waals surface area contributed by atoms with Gasteiger partial charge in [-0.05, 0) is 32.1 Å². The van der Waals surface area contributed by atoms with Gasteiger partial charge in [-0.2, -0.15) is 0 Å². The third kappa shape index (κ3) is 43.1. The minimum absolute atomic E-state index is 0.0762. The zero-order chi connectivity index (χ0) is 42.5. The number of aliphatic hydroxyl groups excluding tert-OH is 1. The number of nitrogens with one attached hydrogen (secondary N) is 1. The lowest BCUT2D eigenvalue weighted by Crippen LogP contribution is -2.45. The number of nitrogens with two attached hydrogens (primary N) is 1. The third-order valence-corrected chi connectivity index (χ3v) is 12.3. The lowest BCUT2D eigenvalue weighted by molar-refractivity contribution is -0.123. The molecule has 9 heteroatoms. The summed E-state index contributed by atoms with van der Waals surface area (Å²) in [5.41, 5.74) is 5.39. The molecule has 5 N–H and O–H groups in total. The predicted octanol–water partition coefficient (Wildman–Crippen LogP) is 14.5. The molecule has 0 bridgehead atoms. The Morgan fingerprint density at radius 1 is 0.552 bits per heavy atom. The van der Waals surface area contributed by atoms with Gasteiger partial charge in [-0.25, -0.2) is 4.57 Å². The van der Waals surface area contributed by atoms with Gasteiger partial charge >= 0.3 is 7.82 Å². The van der Waals surface area contributed by atoms with Crippen molar-refractivity contribution >= 4 is 13.7 Å². The second-order valence-corrected chi connectivity index (χ2v) is 18.5. The highest BCUT2D eigenvalue weighted by molar-refractivity contribution is 7.47. The molecule has 0 rings (SSSR count). The maximum Gasteiger partial charge on any atom is 0.472 e. The molecule has 0 aliphatic heterocycles. The fraction of sp³-hybridized carbons (Fsp3) is 0.898. The van der Waals surface area contributed by atoms with Gasteiger partial charge in [0.1, 0.15) is 0 Å². The van der Waals surface area contributed by atoms with E-state index in [4.69, 9.17) is 14.8 Å². The van der Waals surface area contributed by atoms with E-state index >= 15 is 0 Å². The fourth-order valence-electron chi connectivity index (χ4n) is 7.50. The van der Waals surface area contributed by atoms with Crippen LogP contribution in [0.15, 0.2) is 24.3 Å². The first-order chi connectivity index (χ1) is 28.4. The van der Waals surface area contributed by atoms with E-state index < -0.39 is 20.0 Å². The van der Waals surface area contributed by atoms with E-state index in [-0.39, 0.29) is 25.7 Å². The SMILES string of the molecule is CCCCCCCCCCCCCCCC/C=C/CC/C=C/C(O)C(COP(=O)(O)OCCN)NC(=O)CCCCCCCCCCCCCCCCCCCCC. The highest BCUT2D eigenvalue weighted by Gasteiger charge is 2.26. The number of amides is 1. The minimum atomic E-state index is -4.35. The van der Waals surface area contributed by atoms with Crippen LogP contribution in [0.3, 0.4) is 0 Å². The molecule has 344 valence electrons. The molecule has 0 saturated carbocycles. The Bertz CT molecular complexity index is 963. The molecule has 3 atom stereocenters. The van der Waals surface area contributed by atoms with E-state index in [1.54, 1.807) is 6.08 Å². The summed E-state index contributed by atoms with van der Waals surface area (Å²) in [5.74, 6) is -0.199. The van der Waals surface area contributed by atoms with E-state index in [2.05, 4.69) is 31.3 Å². The average molecular weight is 841 g/mol. The van der Waals surface area contributed by atoms with Crippen molar-refractivity contribution < 1.29 is 28.4 Å². The molecule has 0 aliphatic rings. The highest BCUT2D eigenvalue weighted by Crippen LogP contribution is 2.43. The Hall–Kier alpha value is -1.02. The summed E-state index contributed by atoms with van der Waals surface area (Å²) < 4.78 is 22.2.